The van der Waals surface area contributed by atoms with Gasteiger partial charge in [-0.1, -0.05) is 36.8 Å². The summed E-state index contributed by atoms with van der Waals surface area (Å²) in [5.41, 5.74) is 0.0295. The van der Waals surface area contributed by atoms with Gasteiger partial charge in [0.2, 0.25) is 0 Å². The van der Waals surface area contributed by atoms with E-state index in [0.29, 0.717) is 25.6 Å². The van der Waals surface area contributed by atoms with Gasteiger partial charge in [-0.3, -0.25) is 4.79 Å². The van der Waals surface area contributed by atoms with Gasteiger partial charge < -0.3 is 15.3 Å². The molecule has 1 saturated heterocycles. The Balaban J connectivity index is 1.54. The Morgan fingerprint density at radius 1 is 1.23 bits per heavy atom. The first-order valence-corrected chi connectivity index (χ1v) is 8.46. The largest absolute Gasteiger partial charge is 0.379 e. The minimum atomic E-state index is -1.20. The SMILES string of the molecule is O=C1N(CCc2ccccc2)CCCC1(O)CNC1CCC1. The summed E-state index contributed by atoms with van der Waals surface area (Å²) >= 11 is 0. The van der Waals surface area contributed by atoms with Crippen molar-refractivity contribution >= 4 is 5.91 Å². The van der Waals surface area contributed by atoms with Gasteiger partial charge in [0, 0.05) is 25.7 Å². The molecule has 0 spiro atoms. The fourth-order valence-electron chi connectivity index (χ4n) is 3.28. The molecule has 1 aliphatic carbocycles. The van der Waals surface area contributed by atoms with Gasteiger partial charge in [0.1, 0.15) is 0 Å². The summed E-state index contributed by atoms with van der Waals surface area (Å²) in [7, 11) is 0. The van der Waals surface area contributed by atoms with E-state index in [9.17, 15) is 9.90 Å². The maximum atomic E-state index is 12.6. The first kappa shape index (κ1) is 15.5. The summed E-state index contributed by atoms with van der Waals surface area (Å²) in [6, 6.07) is 10.7. The number of nitrogens with one attached hydrogen (secondary N) is 1. The van der Waals surface area contributed by atoms with Crippen LogP contribution in [0.4, 0.5) is 0 Å². The number of piperidine rings is 1. The molecule has 1 aromatic carbocycles. The van der Waals surface area contributed by atoms with Gasteiger partial charge in [-0.25, -0.2) is 0 Å². The van der Waals surface area contributed by atoms with Gasteiger partial charge in [-0.15, -0.1) is 0 Å². The molecular formula is C18H26N2O2. The monoisotopic (exact) mass is 302 g/mol. The lowest BCUT2D eigenvalue weighted by Crippen LogP contribution is -2.59. The van der Waals surface area contributed by atoms with Crippen LogP contribution in [0.5, 0.6) is 0 Å². The van der Waals surface area contributed by atoms with Gasteiger partial charge in [0.05, 0.1) is 0 Å². The molecular weight excluding hydrogens is 276 g/mol. The molecule has 4 nitrogen and oxygen atoms in total. The minimum absolute atomic E-state index is 0.0958. The number of amides is 1. The normalized spacial score (nSPS) is 26.0. The average molecular weight is 302 g/mol. The highest BCUT2D eigenvalue weighted by molar-refractivity contribution is 5.86. The number of hydrogen-bond donors (Lipinski definition) is 2. The predicted molar refractivity (Wildman–Crippen MR) is 86.6 cm³/mol. The highest BCUT2D eigenvalue weighted by Crippen LogP contribution is 2.24. The fraction of sp³-hybridized carbons (Fsp3) is 0.611. The molecule has 1 amide bonds. The van der Waals surface area contributed by atoms with Crippen molar-refractivity contribution in [3.63, 3.8) is 0 Å². The van der Waals surface area contributed by atoms with E-state index < -0.39 is 5.60 Å². The molecule has 1 atom stereocenters. The second-order valence-corrected chi connectivity index (χ2v) is 6.67. The van der Waals surface area contributed by atoms with Crippen LogP contribution in [-0.2, 0) is 11.2 Å². The lowest BCUT2D eigenvalue weighted by atomic mass is 9.88. The number of rotatable bonds is 6. The van der Waals surface area contributed by atoms with E-state index in [4.69, 9.17) is 0 Å². The summed E-state index contributed by atoms with van der Waals surface area (Å²) in [5.74, 6) is -0.0958. The van der Waals surface area contributed by atoms with E-state index >= 15 is 0 Å². The summed E-state index contributed by atoms with van der Waals surface area (Å²) in [6.07, 6.45) is 5.90. The standard InChI is InChI=1S/C18H26N2O2/c21-17-18(22,14-19-16-8-4-9-16)11-5-12-20(17)13-10-15-6-2-1-3-7-15/h1-3,6-7,16,19,22H,4-5,8-14H2. The molecule has 1 saturated carbocycles. The van der Waals surface area contributed by atoms with Crippen LogP contribution in [0.3, 0.4) is 0 Å². The van der Waals surface area contributed by atoms with E-state index in [0.717, 1.165) is 19.4 Å². The molecule has 2 aliphatic rings. The summed E-state index contributed by atoms with van der Waals surface area (Å²) in [4.78, 5) is 14.5. The van der Waals surface area contributed by atoms with Crippen molar-refractivity contribution in [3.8, 4) is 0 Å². The molecule has 0 aromatic heterocycles. The molecule has 1 heterocycles. The second kappa shape index (κ2) is 6.80. The zero-order valence-electron chi connectivity index (χ0n) is 13.1. The van der Waals surface area contributed by atoms with Crippen molar-refractivity contribution in [3.05, 3.63) is 35.9 Å². The molecule has 0 radical (unpaired) electrons. The Kier molecular flexibility index (Phi) is 4.79. The third-order valence-electron chi connectivity index (χ3n) is 5.01. The number of hydrogen-bond acceptors (Lipinski definition) is 3. The van der Waals surface area contributed by atoms with Crippen molar-refractivity contribution in [1.29, 1.82) is 0 Å². The van der Waals surface area contributed by atoms with Crippen LogP contribution in [0.25, 0.3) is 0 Å². The van der Waals surface area contributed by atoms with E-state index in [1.54, 1.807) is 0 Å². The zero-order valence-corrected chi connectivity index (χ0v) is 13.1. The second-order valence-electron chi connectivity index (χ2n) is 6.67. The molecule has 4 heteroatoms. The Labute approximate surface area is 132 Å². The first-order valence-electron chi connectivity index (χ1n) is 8.46. The average Bonchev–Trinajstić information content (AvgIpc) is 2.48. The van der Waals surface area contributed by atoms with Gasteiger partial charge in [-0.05, 0) is 37.7 Å². The Morgan fingerprint density at radius 3 is 2.68 bits per heavy atom. The molecule has 0 bridgehead atoms. The molecule has 2 N–H and O–H groups in total. The number of benzene rings is 1. The van der Waals surface area contributed by atoms with Gasteiger partial charge in [0.25, 0.3) is 5.91 Å². The Hall–Kier alpha value is -1.39. The number of likely N-dealkylation sites (tertiary alicyclic amines) is 1. The van der Waals surface area contributed by atoms with Crippen molar-refractivity contribution in [1.82, 2.24) is 10.2 Å². The number of nitrogens with zero attached hydrogens (tertiary/aromatic N) is 1. The Morgan fingerprint density at radius 2 is 2.00 bits per heavy atom. The van der Waals surface area contributed by atoms with Crippen LogP contribution in [0.2, 0.25) is 0 Å². The van der Waals surface area contributed by atoms with Crippen molar-refractivity contribution in [2.45, 2.75) is 50.2 Å². The highest BCUT2D eigenvalue weighted by atomic mass is 16.3. The molecule has 120 valence electrons. The van der Waals surface area contributed by atoms with Crippen molar-refractivity contribution in [2.75, 3.05) is 19.6 Å². The van der Waals surface area contributed by atoms with Crippen LogP contribution < -0.4 is 5.32 Å². The lowest BCUT2D eigenvalue weighted by molar-refractivity contribution is -0.156. The maximum Gasteiger partial charge on any atom is 0.255 e. The van der Waals surface area contributed by atoms with E-state index in [-0.39, 0.29) is 5.91 Å². The maximum absolute atomic E-state index is 12.6. The third kappa shape index (κ3) is 3.50. The van der Waals surface area contributed by atoms with Crippen molar-refractivity contribution in [2.24, 2.45) is 0 Å². The van der Waals surface area contributed by atoms with E-state index in [1.807, 2.05) is 23.1 Å². The van der Waals surface area contributed by atoms with E-state index in [1.165, 1.54) is 24.8 Å². The quantitative estimate of drug-likeness (QED) is 0.841. The molecule has 1 aliphatic heterocycles. The van der Waals surface area contributed by atoms with Crippen LogP contribution in [-0.4, -0.2) is 47.2 Å². The van der Waals surface area contributed by atoms with Crippen LogP contribution >= 0.6 is 0 Å². The van der Waals surface area contributed by atoms with Gasteiger partial charge in [-0.2, -0.15) is 0 Å². The number of aliphatic hydroxyl groups is 1. The molecule has 2 fully saturated rings. The van der Waals surface area contributed by atoms with E-state index in [2.05, 4.69) is 17.4 Å². The summed E-state index contributed by atoms with van der Waals surface area (Å²) in [6.45, 7) is 1.85. The molecule has 22 heavy (non-hydrogen) atoms. The zero-order chi connectivity index (χ0) is 15.4. The smallest absolute Gasteiger partial charge is 0.255 e. The molecule has 3 rings (SSSR count). The summed E-state index contributed by atoms with van der Waals surface area (Å²) in [5, 5.41) is 14.1. The van der Waals surface area contributed by atoms with Crippen LogP contribution in [0, 0.1) is 0 Å². The van der Waals surface area contributed by atoms with Crippen LogP contribution in [0.1, 0.15) is 37.7 Å². The third-order valence-corrected chi connectivity index (χ3v) is 5.01. The van der Waals surface area contributed by atoms with Crippen LogP contribution in [0.15, 0.2) is 30.3 Å². The highest BCUT2D eigenvalue weighted by Gasteiger charge is 2.42. The van der Waals surface area contributed by atoms with Gasteiger partial charge in [0.15, 0.2) is 5.60 Å². The molecule has 1 unspecified atom stereocenters. The lowest BCUT2D eigenvalue weighted by Gasteiger charge is -2.40. The Bertz CT molecular complexity index is 501. The minimum Gasteiger partial charge on any atom is -0.379 e. The van der Waals surface area contributed by atoms with Crippen molar-refractivity contribution < 1.29 is 9.90 Å². The number of carbonyl (C=O) groups is 1. The first-order chi connectivity index (χ1) is 10.7. The van der Waals surface area contributed by atoms with Gasteiger partial charge >= 0.3 is 0 Å². The topological polar surface area (TPSA) is 52.6 Å². The fourth-order valence-corrected chi connectivity index (χ4v) is 3.28. The number of carbonyl (C=O) groups excluding carboxylic acids is 1. The predicted octanol–water partition coefficient (Wildman–Crippen LogP) is 1.72. The molecule has 1 aromatic rings. The summed E-state index contributed by atoms with van der Waals surface area (Å²) < 4.78 is 0.